The van der Waals surface area contributed by atoms with Crippen molar-refractivity contribution in [3.05, 3.63) is 78.4 Å². The number of nitrogens with one attached hydrogen (secondary N) is 1. The van der Waals surface area contributed by atoms with Crippen molar-refractivity contribution in [1.29, 1.82) is 0 Å². The third-order valence-corrected chi connectivity index (χ3v) is 9.45. The van der Waals surface area contributed by atoms with Gasteiger partial charge in [-0.15, -0.1) is 0 Å². The third kappa shape index (κ3) is 6.20. The molecule has 2 heterocycles. The van der Waals surface area contributed by atoms with Crippen LogP contribution in [0.5, 0.6) is 0 Å². The second kappa shape index (κ2) is 11.9. The number of carboxylic acid groups (broad SMARTS) is 1. The summed E-state index contributed by atoms with van der Waals surface area (Å²) in [7, 11) is -3.96. The van der Waals surface area contributed by atoms with E-state index >= 15 is 0 Å². The summed E-state index contributed by atoms with van der Waals surface area (Å²) in [5, 5.41) is 11.6. The van der Waals surface area contributed by atoms with Crippen LogP contribution in [0.2, 0.25) is 0 Å². The molecule has 0 aromatic heterocycles. The number of rotatable bonds is 8. The van der Waals surface area contributed by atoms with E-state index in [4.69, 9.17) is 0 Å². The quantitative estimate of drug-likeness (QED) is 0.422. The number of hydrogen-bond acceptors (Lipinski definition) is 5. The lowest BCUT2D eigenvalue weighted by Gasteiger charge is -2.40. The summed E-state index contributed by atoms with van der Waals surface area (Å²) in [6.45, 7) is 2.81. The molecule has 0 unspecified atom stereocenters. The Morgan fingerprint density at radius 2 is 1.71 bits per heavy atom. The van der Waals surface area contributed by atoms with Crippen LogP contribution < -0.4 is 4.72 Å². The van der Waals surface area contributed by atoms with E-state index in [0.717, 1.165) is 16.3 Å². The first kappa shape index (κ1) is 28.6. The highest BCUT2D eigenvalue weighted by Gasteiger charge is 2.41. The van der Waals surface area contributed by atoms with Crippen molar-refractivity contribution in [3.8, 4) is 0 Å². The number of benzene rings is 3. The van der Waals surface area contributed by atoms with Gasteiger partial charge in [0.1, 0.15) is 12.1 Å². The lowest BCUT2D eigenvalue weighted by atomic mass is 10.0. The van der Waals surface area contributed by atoms with Crippen molar-refractivity contribution in [1.82, 2.24) is 19.4 Å². The predicted molar refractivity (Wildman–Crippen MR) is 153 cm³/mol. The number of amides is 3. The Labute approximate surface area is 239 Å². The maximum absolute atomic E-state index is 13.5. The maximum atomic E-state index is 13.5. The summed E-state index contributed by atoms with van der Waals surface area (Å²) >= 11 is 0. The van der Waals surface area contributed by atoms with E-state index in [-0.39, 0.29) is 42.9 Å². The van der Waals surface area contributed by atoms with E-state index < -0.39 is 34.1 Å². The van der Waals surface area contributed by atoms with E-state index in [0.29, 0.717) is 19.4 Å². The fraction of sp³-hybridized carbons (Fsp3) is 0.367. The van der Waals surface area contributed by atoms with Crippen molar-refractivity contribution in [3.63, 3.8) is 0 Å². The number of hydrogen-bond donors (Lipinski definition) is 2. The van der Waals surface area contributed by atoms with Crippen molar-refractivity contribution in [2.24, 2.45) is 0 Å². The molecule has 3 aromatic carbocycles. The Bertz CT molecular complexity index is 1550. The number of sulfonamides is 1. The molecule has 2 aliphatic heterocycles. The minimum atomic E-state index is -3.96. The Hall–Kier alpha value is -3.96. The van der Waals surface area contributed by atoms with Crippen molar-refractivity contribution < 1.29 is 27.9 Å². The number of carbonyl (C=O) groups is 3. The van der Waals surface area contributed by atoms with Crippen LogP contribution in [-0.2, 0) is 26.2 Å². The van der Waals surface area contributed by atoms with E-state index in [9.17, 15) is 27.9 Å². The lowest BCUT2D eigenvalue weighted by molar-refractivity contribution is -0.144. The zero-order valence-corrected chi connectivity index (χ0v) is 23.7. The molecule has 2 aliphatic rings. The molecule has 3 amide bonds. The van der Waals surface area contributed by atoms with Gasteiger partial charge in [-0.05, 0) is 54.7 Å². The van der Waals surface area contributed by atoms with Gasteiger partial charge in [-0.1, -0.05) is 60.7 Å². The molecule has 0 aliphatic carbocycles. The highest BCUT2D eigenvalue weighted by atomic mass is 32.2. The Balaban J connectivity index is 1.23. The first-order valence-electron chi connectivity index (χ1n) is 13.8. The van der Waals surface area contributed by atoms with Gasteiger partial charge in [-0.2, -0.15) is 4.72 Å². The molecule has 2 saturated heterocycles. The van der Waals surface area contributed by atoms with Gasteiger partial charge in [0.15, 0.2) is 0 Å². The Morgan fingerprint density at radius 3 is 2.44 bits per heavy atom. The second-order valence-electron chi connectivity index (χ2n) is 10.7. The predicted octanol–water partition coefficient (Wildman–Crippen LogP) is 3.28. The summed E-state index contributed by atoms with van der Waals surface area (Å²) in [6, 6.07) is 19.4. The van der Waals surface area contributed by atoms with Crippen molar-refractivity contribution in [2.75, 3.05) is 19.6 Å². The van der Waals surface area contributed by atoms with Crippen LogP contribution >= 0.6 is 0 Å². The highest BCUT2D eigenvalue weighted by molar-refractivity contribution is 7.89. The summed E-state index contributed by atoms with van der Waals surface area (Å²) in [4.78, 5) is 43.3. The molecule has 2 fully saturated rings. The zero-order chi connectivity index (χ0) is 29.1. The molecule has 5 rings (SSSR count). The number of fused-ring (bicyclic) bond motifs is 1. The van der Waals surface area contributed by atoms with Crippen molar-refractivity contribution >= 4 is 38.7 Å². The van der Waals surface area contributed by atoms with Crippen LogP contribution in [0.1, 0.15) is 31.7 Å². The van der Waals surface area contributed by atoms with Crippen LogP contribution in [0.4, 0.5) is 4.79 Å². The minimum Gasteiger partial charge on any atom is -0.465 e. The molecule has 3 aromatic rings. The monoisotopic (exact) mass is 578 g/mol. The summed E-state index contributed by atoms with van der Waals surface area (Å²) in [6.07, 6.45) is 0.482. The molecular weight excluding hydrogens is 544 g/mol. The average Bonchev–Trinajstić information content (AvgIpc) is 3.34. The molecule has 41 heavy (non-hydrogen) atoms. The van der Waals surface area contributed by atoms with Gasteiger partial charge in [0.05, 0.1) is 10.9 Å². The number of likely N-dealkylation sites (tertiary alicyclic amines) is 2. The van der Waals surface area contributed by atoms with Gasteiger partial charge >= 0.3 is 6.09 Å². The molecule has 0 radical (unpaired) electrons. The molecule has 0 bridgehead atoms. The molecule has 216 valence electrons. The number of carbonyl (C=O) groups excluding carboxylic acids is 2. The van der Waals surface area contributed by atoms with E-state index in [1.807, 2.05) is 54.6 Å². The Kier molecular flexibility index (Phi) is 8.27. The highest BCUT2D eigenvalue weighted by Crippen LogP contribution is 2.24. The van der Waals surface area contributed by atoms with Crippen LogP contribution in [0.3, 0.4) is 0 Å². The molecule has 11 heteroatoms. The van der Waals surface area contributed by atoms with Gasteiger partial charge in [0.25, 0.3) is 0 Å². The normalized spacial score (nSPS) is 20.3. The molecule has 0 saturated carbocycles. The Morgan fingerprint density at radius 1 is 1.00 bits per heavy atom. The maximum Gasteiger partial charge on any atom is 0.407 e. The first-order valence-corrected chi connectivity index (χ1v) is 15.3. The van der Waals surface area contributed by atoms with Crippen LogP contribution in [0.15, 0.2) is 77.7 Å². The average molecular weight is 579 g/mol. The van der Waals surface area contributed by atoms with Crippen LogP contribution in [-0.4, -0.2) is 83.9 Å². The van der Waals surface area contributed by atoms with Crippen LogP contribution in [0.25, 0.3) is 10.8 Å². The summed E-state index contributed by atoms with van der Waals surface area (Å²) < 4.78 is 28.8. The smallest absolute Gasteiger partial charge is 0.407 e. The summed E-state index contributed by atoms with van der Waals surface area (Å²) in [5.74, 6) is -0.717. The molecule has 10 nitrogen and oxygen atoms in total. The molecular formula is C30H34N4O6S. The summed E-state index contributed by atoms with van der Waals surface area (Å²) in [5.41, 5.74) is 0.867. The molecule has 0 spiro atoms. The zero-order valence-electron chi connectivity index (χ0n) is 22.8. The minimum absolute atomic E-state index is 0.0735. The number of nitrogens with zero attached hydrogens (tertiary/aromatic N) is 3. The van der Waals surface area contributed by atoms with Gasteiger partial charge in [0.2, 0.25) is 21.8 Å². The van der Waals surface area contributed by atoms with Gasteiger partial charge in [-0.3, -0.25) is 14.5 Å². The van der Waals surface area contributed by atoms with Gasteiger partial charge in [-0.25, -0.2) is 13.2 Å². The standard InChI is InChI=1S/C30H34N4O6S/c1-21(28(35)32-16-7-12-25(20-32)34(30(37)38)19-22-8-3-2-4-9-22)33-17-15-27(29(33)36)31-41(39,40)26-14-13-23-10-5-6-11-24(23)18-26/h2-6,8-11,13-14,18,21,25,27,31H,7,12,15-17,19-20H2,1H3,(H,37,38)/t21-,25-,27-/m0/s1. The van der Waals surface area contributed by atoms with E-state index in [1.165, 1.54) is 15.9 Å². The third-order valence-electron chi connectivity index (χ3n) is 7.98. The fourth-order valence-corrected chi connectivity index (χ4v) is 6.98. The van der Waals surface area contributed by atoms with Crippen LogP contribution in [0, 0.1) is 0 Å². The SMILES string of the molecule is C[C@@H](C(=O)N1CCC[C@H](N(Cc2ccccc2)C(=O)O)C1)N1CC[C@H](NS(=O)(=O)c2ccc3ccccc3c2)C1=O. The van der Waals surface area contributed by atoms with Crippen molar-refractivity contribution in [2.45, 2.75) is 55.8 Å². The van der Waals surface area contributed by atoms with Gasteiger partial charge in [0, 0.05) is 26.2 Å². The molecule has 3 atom stereocenters. The topological polar surface area (TPSA) is 127 Å². The second-order valence-corrected chi connectivity index (χ2v) is 12.4. The molecule has 2 N–H and O–H groups in total. The fourth-order valence-electron chi connectivity index (χ4n) is 5.73. The van der Waals surface area contributed by atoms with E-state index in [2.05, 4.69) is 4.72 Å². The van der Waals surface area contributed by atoms with Gasteiger partial charge < -0.3 is 14.9 Å². The van der Waals surface area contributed by atoms with E-state index in [1.54, 1.807) is 24.0 Å². The first-order chi connectivity index (χ1) is 19.6. The largest absolute Gasteiger partial charge is 0.465 e. The number of piperidine rings is 1. The lowest BCUT2D eigenvalue weighted by Crippen LogP contribution is -2.56.